The SMILES string of the molecule is Cc1noc(C)c1-c1ccc([C@@H]2CCCN(C(=O)CN)C2)nc1. The number of hydrogen-bond donors (Lipinski definition) is 1. The number of rotatable bonds is 3. The van der Waals surface area contributed by atoms with Crippen LogP contribution in [0.4, 0.5) is 0 Å². The molecule has 1 amide bonds. The van der Waals surface area contributed by atoms with E-state index < -0.39 is 0 Å². The van der Waals surface area contributed by atoms with Gasteiger partial charge in [-0.3, -0.25) is 9.78 Å². The molecule has 2 aromatic heterocycles. The van der Waals surface area contributed by atoms with Crippen LogP contribution in [0.5, 0.6) is 0 Å². The fraction of sp³-hybridized carbons (Fsp3) is 0.471. The van der Waals surface area contributed by atoms with Crippen molar-refractivity contribution in [1.82, 2.24) is 15.0 Å². The lowest BCUT2D eigenvalue weighted by Gasteiger charge is -2.32. The van der Waals surface area contributed by atoms with Crippen LogP contribution < -0.4 is 5.73 Å². The monoisotopic (exact) mass is 314 g/mol. The number of aromatic nitrogens is 2. The maximum atomic E-state index is 11.8. The molecule has 1 saturated heterocycles. The molecular weight excluding hydrogens is 292 g/mol. The second kappa shape index (κ2) is 6.50. The van der Waals surface area contributed by atoms with E-state index in [1.807, 2.05) is 31.0 Å². The highest BCUT2D eigenvalue weighted by Crippen LogP contribution is 2.29. The third-order valence-corrected chi connectivity index (χ3v) is 4.48. The summed E-state index contributed by atoms with van der Waals surface area (Å²) in [5.74, 6) is 1.09. The van der Waals surface area contributed by atoms with Gasteiger partial charge < -0.3 is 15.2 Å². The zero-order valence-corrected chi connectivity index (χ0v) is 13.6. The molecule has 1 atom stereocenters. The zero-order valence-electron chi connectivity index (χ0n) is 13.6. The first-order chi connectivity index (χ1) is 11.1. The largest absolute Gasteiger partial charge is 0.361 e. The lowest BCUT2D eigenvalue weighted by atomic mass is 9.93. The number of amides is 1. The molecule has 2 aromatic rings. The lowest BCUT2D eigenvalue weighted by Crippen LogP contribution is -2.42. The van der Waals surface area contributed by atoms with Crippen molar-refractivity contribution in [1.29, 1.82) is 0 Å². The van der Waals surface area contributed by atoms with Gasteiger partial charge in [-0.2, -0.15) is 0 Å². The molecule has 0 unspecified atom stereocenters. The van der Waals surface area contributed by atoms with Crippen LogP contribution >= 0.6 is 0 Å². The summed E-state index contributed by atoms with van der Waals surface area (Å²) in [5.41, 5.74) is 9.38. The van der Waals surface area contributed by atoms with Gasteiger partial charge in [-0.1, -0.05) is 11.2 Å². The molecule has 3 rings (SSSR count). The number of likely N-dealkylation sites (tertiary alicyclic amines) is 1. The molecule has 0 radical (unpaired) electrons. The summed E-state index contributed by atoms with van der Waals surface area (Å²) in [6.07, 6.45) is 3.90. The van der Waals surface area contributed by atoms with Gasteiger partial charge in [0.15, 0.2) is 0 Å². The van der Waals surface area contributed by atoms with Crippen molar-refractivity contribution in [2.75, 3.05) is 19.6 Å². The molecule has 0 aliphatic carbocycles. The fourth-order valence-electron chi connectivity index (χ4n) is 3.26. The standard InChI is InChI=1S/C17H22N4O2/c1-11-17(12(2)23-20-11)13-5-6-15(19-9-13)14-4-3-7-21(10-14)16(22)8-18/h5-6,9,14H,3-4,7-8,10,18H2,1-2H3/t14-/m1/s1. The fourth-order valence-corrected chi connectivity index (χ4v) is 3.26. The van der Waals surface area contributed by atoms with Gasteiger partial charge in [0.25, 0.3) is 0 Å². The Labute approximate surface area is 135 Å². The molecule has 1 aliphatic heterocycles. The van der Waals surface area contributed by atoms with E-state index in [0.29, 0.717) is 6.54 Å². The van der Waals surface area contributed by atoms with Gasteiger partial charge in [0.1, 0.15) is 5.76 Å². The second-order valence-corrected chi connectivity index (χ2v) is 6.05. The van der Waals surface area contributed by atoms with Crippen LogP contribution in [0, 0.1) is 13.8 Å². The van der Waals surface area contributed by atoms with Gasteiger partial charge in [0, 0.05) is 42.0 Å². The zero-order chi connectivity index (χ0) is 16.4. The van der Waals surface area contributed by atoms with E-state index in [1.165, 1.54) is 0 Å². The first kappa shape index (κ1) is 15.7. The van der Waals surface area contributed by atoms with Crippen LogP contribution in [0.15, 0.2) is 22.9 Å². The molecule has 1 aliphatic rings. The normalized spacial score (nSPS) is 18.2. The van der Waals surface area contributed by atoms with E-state index in [9.17, 15) is 4.79 Å². The van der Waals surface area contributed by atoms with Gasteiger partial charge >= 0.3 is 0 Å². The second-order valence-electron chi connectivity index (χ2n) is 6.05. The van der Waals surface area contributed by atoms with Crippen molar-refractivity contribution in [2.45, 2.75) is 32.6 Å². The number of carbonyl (C=O) groups excluding carboxylic acids is 1. The molecule has 6 nitrogen and oxygen atoms in total. The van der Waals surface area contributed by atoms with E-state index in [1.54, 1.807) is 0 Å². The molecular formula is C17H22N4O2. The predicted molar refractivity (Wildman–Crippen MR) is 86.8 cm³/mol. The number of pyridine rings is 1. The van der Waals surface area contributed by atoms with Crippen LogP contribution in [0.3, 0.4) is 0 Å². The quantitative estimate of drug-likeness (QED) is 0.936. The molecule has 23 heavy (non-hydrogen) atoms. The Morgan fingerprint density at radius 3 is 2.87 bits per heavy atom. The first-order valence-corrected chi connectivity index (χ1v) is 7.97. The smallest absolute Gasteiger partial charge is 0.236 e. The number of nitrogens with two attached hydrogens (primary N) is 1. The first-order valence-electron chi connectivity index (χ1n) is 7.97. The van der Waals surface area contributed by atoms with Crippen LogP contribution in [0.2, 0.25) is 0 Å². The van der Waals surface area contributed by atoms with Crippen molar-refractivity contribution in [2.24, 2.45) is 5.73 Å². The Bertz CT molecular complexity index is 674. The average Bonchev–Trinajstić information content (AvgIpc) is 2.93. The minimum Gasteiger partial charge on any atom is -0.361 e. The Balaban J connectivity index is 1.78. The Morgan fingerprint density at radius 2 is 2.26 bits per heavy atom. The molecule has 6 heteroatoms. The third-order valence-electron chi connectivity index (χ3n) is 4.48. The van der Waals surface area contributed by atoms with Gasteiger partial charge in [0.05, 0.1) is 12.2 Å². The molecule has 3 heterocycles. The third kappa shape index (κ3) is 3.12. The van der Waals surface area contributed by atoms with E-state index in [-0.39, 0.29) is 18.4 Å². The maximum absolute atomic E-state index is 11.8. The number of aryl methyl sites for hydroxylation is 2. The molecule has 122 valence electrons. The minimum atomic E-state index is 0.0158. The average molecular weight is 314 g/mol. The van der Waals surface area contributed by atoms with E-state index in [4.69, 9.17) is 10.3 Å². The van der Waals surface area contributed by atoms with Gasteiger partial charge in [-0.05, 0) is 32.8 Å². The van der Waals surface area contributed by atoms with Crippen LogP contribution in [0.1, 0.15) is 35.9 Å². The lowest BCUT2D eigenvalue weighted by molar-refractivity contribution is -0.130. The summed E-state index contributed by atoms with van der Waals surface area (Å²) in [5, 5.41) is 3.98. The van der Waals surface area contributed by atoms with Crippen molar-refractivity contribution in [3.63, 3.8) is 0 Å². The highest BCUT2D eigenvalue weighted by Gasteiger charge is 2.25. The topological polar surface area (TPSA) is 85.2 Å². The minimum absolute atomic E-state index is 0.0158. The van der Waals surface area contributed by atoms with Gasteiger partial charge in [-0.15, -0.1) is 0 Å². The number of hydrogen-bond acceptors (Lipinski definition) is 5. The summed E-state index contributed by atoms with van der Waals surface area (Å²) < 4.78 is 5.22. The summed E-state index contributed by atoms with van der Waals surface area (Å²) in [7, 11) is 0. The van der Waals surface area contributed by atoms with Gasteiger partial charge in [0.2, 0.25) is 5.91 Å². The van der Waals surface area contributed by atoms with Gasteiger partial charge in [-0.25, -0.2) is 0 Å². The maximum Gasteiger partial charge on any atom is 0.236 e. The molecule has 0 aromatic carbocycles. The Hall–Kier alpha value is -2.21. The highest BCUT2D eigenvalue weighted by atomic mass is 16.5. The van der Waals surface area contributed by atoms with E-state index in [2.05, 4.69) is 16.2 Å². The number of nitrogens with zero attached hydrogens (tertiary/aromatic N) is 3. The molecule has 2 N–H and O–H groups in total. The van der Waals surface area contributed by atoms with Crippen LogP contribution in [0.25, 0.3) is 11.1 Å². The summed E-state index contributed by atoms with van der Waals surface area (Å²) >= 11 is 0. The number of carbonyl (C=O) groups is 1. The summed E-state index contributed by atoms with van der Waals surface area (Å²) in [4.78, 5) is 18.3. The van der Waals surface area contributed by atoms with E-state index >= 15 is 0 Å². The summed E-state index contributed by atoms with van der Waals surface area (Å²) in [6.45, 7) is 5.40. The number of piperidine rings is 1. The predicted octanol–water partition coefficient (Wildman–Crippen LogP) is 2.02. The van der Waals surface area contributed by atoms with Crippen molar-refractivity contribution < 1.29 is 9.32 Å². The molecule has 1 fully saturated rings. The van der Waals surface area contributed by atoms with Crippen molar-refractivity contribution >= 4 is 5.91 Å². The Kier molecular flexibility index (Phi) is 4.43. The van der Waals surface area contributed by atoms with Crippen LogP contribution in [-0.4, -0.2) is 40.6 Å². The van der Waals surface area contributed by atoms with E-state index in [0.717, 1.165) is 47.7 Å². The van der Waals surface area contributed by atoms with Crippen molar-refractivity contribution in [3.05, 3.63) is 35.5 Å². The highest BCUT2D eigenvalue weighted by molar-refractivity contribution is 5.78. The van der Waals surface area contributed by atoms with Crippen molar-refractivity contribution in [3.8, 4) is 11.1 Å². The Morgan fingerprint density at radius 1 is 1.43 bits per heavy atom. The molecule has 0 bridgehead atoms. The van der Waals surface area contributed by atoms with Crippen LogP contribution in [-0.2, 0) is 4.79 Å². The summed E-state index contributed by atoms with van der Waals surface area (Å²) in [6, 6.07) is 4.10. The molecule has 0 spiro atoms. The molecule has 0 saturated carbocycles.